The number of fused-ring (bicyclic) bond motifs is 5. The van der Waals surface area contributed by atoms with Gasteiger partial charge in [0.1, 0.15) is 6.10 Å². The average molecular weight is 687 g/mol. The van der Waals surface area contributed by atoms with Crippen molar-refractivity contribution in [3.8, 4) is 0 Å². The fourth-order valence-corrected chi connectivity index (χ4v) is 10.9. The molecule has 0 saturated heterocycles. The van der Waals surface area contributed by atoms with E-state index in [1.165, 1.54) is 77.0 Å². The summed E-state index contributed by atoms with van der Waals surface area (Å²) in [6.45, 7) is 17.4. The molecule has 4 aliphatic rings. The van der Waals surface area contributed by atoms with Gasteiger partial charge in [0, 0.05) is 12.8 Å². The summed E-state index contributed by atoms with van der Waals surface area (Å²) >= 11 is 0. The van der Waals surface area contributed by atoms with E-state index in [1.54, 1.807) is 5.57 Å². The molecule has 9 atom stereocenters. The Labute approximate surface area is 310 Å². The fraction of sp³-hybridized carbons (Fsp3) is 0.771. The molecule has 0 N–H and O–H groups in total. The fourth-order valence-electron chi connectivity index (χ4n) is 10.9. The van der Waals surface area contributed by atoms with E-state index >= 15 is 0 Å². The standard InChI is InChI=1S/C48H78O2/c1-8-9-10-11-12-13-14-15-16-17-18-19-20-21-22-23-24-25-46(49)50-41-32-34-47(6)40(36-41)28-29-42-44-31-30-43(48(44,7)35-33-45(42)47)39(5)27-26-38(4)37(2)3/h12-13,15-16,18-19,21-22,28,37-39,41-45H,8-11,14,17,20,23-27,29-36H2,1-7H3/b13-12-,16-15-,19-18-,22-21-. The van der Waals surface area contributed by atoms with E-state index in [2.05, 4.69) is 103 Å². The molecule has 3 fully saturated rings. The topological polar surface area (TPSA) is 26.3 Å². The van der Waals surface area contributed by atoms with Crippen LogP contribution in [0.1, 0.15) is 177 Å². The summed E-state index contributed by atoms with van der Waals surface area (Å²) in [6.07, 6.45) is 44.3. The highest BCUT2D eigenvalue weighted by molar-refractivity contribution is 5.69. The lowest BCUT2D eigenvalue weighted by Crippen LogP contribution is -2.51. The molecule has 9 unspecified atom stereocenters. The van der Waals surface area contributed by atoms with Crippen LogP contribution in [0.2, 0.25) is 0 Å². The molecule has 0 aromatic rings. The maximum atomic E-state index is 12.8. The summed E-state index contributed by atoms with van der Waals surface area (Å²) in [6, 6.07) is 0. The number of carbonyl (C=O) groups excluding carboxylic acids is 1. The Kier molecular flexibility index (Phi) is 16.7. The number of esters is 1. The summed E-state index contributed by atoms with van der Waals surface area (Å²) in [5.74, 6) is 5.97. The third-order valence-corrected chi connectivity index (χ3v) is 14.5. The van der Waals surface area contributed by atoms with Gasteiger partial charge in [-0.2, -0.15) is 0 Å². The Morgan fingerprint density at radius 2 is 1.46 bits per heavy atom. The normalized spacial score (nSPS) is 32.5. The molecule has 4 aliphatic carbocycles. The molecule has 50 heavy (non-hydrogen) atoms. The number of hydrogen-bond donors (Lipinski definition) is 0. The van der Waals surface area contributed by atoms with E-state index in [1.807, 2.05) is 0 Å². The summed E-state index contributed by atoms with van der Waals surface area (Å²) in [4.78, 5) is 12.8. The molecule has 2 nitrogen and oxygen atoms in total. The molecule has 4 rings (SSSR count). The van der Waals surface area contributed by atoms with E-state index in [0.717, 1.165) is 86.4 Å². The van der Waals surface area contributed by atoms with Gasteiger partial charge in [-0.05, 0) is 142 Å². The third kappa shape index (κ3) is 11.1. The zero-order valence-corrected chi connectivity index (χ0v) is 33.8. The lowest BCUT2D eigenvalue weighted by atomic mass is 9.47. The van der Waals surface area contributed by atoms with E-state index in [0.29, 0.717) is 17.3 Å². The van der Waals surface area contributed by atoms with Crippen LogP contribution in [-0.4, -0.2) is 12.1 Å². The lowest BCUT2D eigenvalue weighted by Gasteiger charge is -2.58. The quantitative estimate of drug-likeness (QED) is 0.0724. The van der Waals surface area contributed by atoms with Crippen molar-refractivity contribution in [2.45, 2.75) is 183 Å². The summed E-state index contributed by atoms with van der Waals surface area (Å²) in [5, 5.41) is 0. The van der Waals surface area contributed by atoms with Gasteiger partial charge in [-0.1, -0.05) is 134 Å². The Bertz CT molecular complexity index is 1170. The van der Waals surface area contributed by atoms with Gasteiger partial charge in [-0.3, -0.25) is 4.79 Å². The second-order valence-corrected chi connectivity index (χ2v) is 18.1. The maximum Gasteiger partial charge on any atom is 0.306 e. The SMILES string of the molecule is CCCCC/C=C\C/C=C\C/C=C\C/C=C\CCCC(=O)OC1CCC2(C)C(=CCC3C2CCC2(C)C(C(C)CCC(C)C(C)C)CCC32)C1. The molecule has 0 amide bonds. The highest BCUT2D eigenvalue weighted by Crippen LogP contribution is 2.67. The first-order valence-electron chi connectivity index (χ1n) is 21.6. The predicted molar refractivity (Wildman–Crippen MR) is 216 cm³/mol. The van der Waals surface area contributed by atoms with Crippen LogP contribution in [0.25, 0.3) is 0 Å². The van der Waals surface area contributed by atoms with Gasteiger partial charge in [0.15, 0.2) is 0 Å². The zero-order valence-electron chi connectivity index (χ0n) is 33.8. The van der Waals surface area contributed by atoms with E-state index in [-0.39, 0.29) is 12.1 Å². The number of unbranched alkanes of at least 4 members (excludes halogenated alkanes) is 4. The van der Waals surface area contributed by atoms with Gasteiger partial charge in [0.05, 0.1) is 0 Å². The van der Waals surface area contributed by atoms with Crippen LogP contribution in [0.5, 0.6) is 0 Å². The number of hydrogen-bond acceptors (Lipinski definition) is 2. The molecule has 282 valence electrons. The van der Waals surface area contributed by atoms with Crippen molar-refractivity contribution in [2.75, 3.05) is 0 Å². The smallest absolute Gasteiger partial charge is 0.306 e. The van der Waals surface area contributed by atoms with Crippen LogP contribution in [0, 0.1) is 52.3 Å². The van der Waals surface area contributed by atoms with Gasteiger partial charge in [-0.25, -0.2) is 0 Å². The average Bonchev–Trinajstić information content (AvgIpc) is 3.45. The van der Waals surface area contributed by atoms with Crippen molar-refractivity contribution in [3.63, 3.8) is 0 Å². The minimum atomic E-state index is 0.00566. The first-order chi connectivity index (χ1) is 24.1. The Hall–Kier alpha value is -1.83. The Morgan fingerprint density at radius 1 is 0.800 bits per heavy atom. The second kappa shape index (κ2) is 20.4. The molecule has 0 aliphatic heterocycles. The monoisotopic (exact) mass is 687 g/mol. The first-order valence-corrected chi connectivity index (χ1v) is 21.6. The molecule has 0 bridgehead atoms. The summed E-state index contributed by atoms with van der Waals surface area (Å²) in [5.41, 5.74) is 2.46. The van der Waals surface area contributed by atoms with Gasteiger partial charge in [0.25, 0.3) is 0 Å². The van der Waals surface area contributed by atoms with E-state index < -0.39 is 0 Å². The van der Waals surface area contributed by atoms with Crippen molar-refractivity contribution in [3.05, 3.63) is 60.3 Å². The van der Waals surface area contributed by atoms with Crippen molar-refractivity contribution < 1.29 is 9.53 Å². The van der Waals surface area contributed by atoms with Crippen LogP contribution in [0.3, 0.4) is 0 Å². The minimum Gasteiger partial charge on any atom is -0.462 e. The van der Waals surface area contributed by atoms with Crippen molar-refractivity contribution in [1.82, 2.24) is 0 Å². The number of rotatable bonds is 20. The summed E-state index contributed by atoms with van der Waals surface area (Å²) < 4.78 is 6.10. The molecule has 0 spiro atoms. The molecular weight excluding hydrogens is 609 g/mol. The zero-order chi connectivity index (χ0) is 36.0. The van der Waals surface area contributed by atoms with Crippen LogP contribution in [0.4, 0.5) is 0 Å². The van der Waals surface area contributed by atoms with Gasteiger partial charge >= 0.3 is 5.97 Å². The largest absolute Gasteiger partial charge is 0.462 e. The molecule has 0 heterocycles. The minimum absolute atomic E-state index is 0.00566. The molecule has 0 aromatic heterocycles. The van der Waals surface area contributed by atoms with Crippen LogP contribution >= 0.6 is 0 Å². The van der Waals surface area contributed by atoms with Crippen molar-refractivity contribution in [2.24, 2.45) is 52.3 Å². The van der Waals surface area contributed by atoms with Crippen molar-refractivity contribution >= 4 is 5.97 Å². The van der Waals surface area contributed by atoms with E-state index in [4.69, 9.17) is 4.74 Å². The highest BCUT2D eigenvalue weighted by atomic mass is 16.5. The van der Waals surface area contributed by atoms with Crippen molar-refractivity contribution in [1.29, 1.82) is 0 Å². The molecule has 0 aromatic carbocycles. The molecule has 2 heteroatoms. The predicted octanol–water partition coefficient (Wildman–Crippen LogP) is 14.3. The Balaban J connectivity index is 1.14. The Morgan fingerprint density at radius 3 is 2.12 bits per heavy atom. The number of carbonyl (C=O) groups is 1. The lowest BCUT2D eigenvalue weighted by molar-refractivity contribution is -0.151. The van der Waals surface area contributed by atoms with Crippen LogP contribution in [0.15, 0.2) is 60.3 Å². The molecular formula is C48H78O2. The molecule has 3 saturated carbocycles. The van der Waals surface area contributed by atoms with Gasteiger partial charge in [-0.15, -0.1) is 0 Å². The van der Waals surface area contributed by atoms with E-state index in [9.17, 15) is 4.79 Å². The second-order valence-electron chi connectivity index (χ2n) is 18.1. The van der Waals surface area contributed by atoms with Gasteiger partial charge in [0.2, 0.25) is 0 Å². The van der Waals surface area contributed by atoms with Gasteiger partial charge < -0.3 is 4.74 Å². The maximum absolute atomic E-state index is 12.8. The third-order valence-electron chi connectivity index (χ3n) is 14.5. The number of allylic oxidation sites excluding steroid dienone is 9. The number of ether oxygens (including phenoxy) is 1. The highest BCUT2D eigenvalue weighted by Gasteiger charge is 2.59. The first kappa shape index (κ1) is 40.9. The van der Waals surface area contributed by atoms with Crippen LogP contribution < -0.4 is 0 Å². The molecule has 0 radical (unpaired) electrons. The summed E-state index contributed by atoms with van der Waals surface area (Å²) in [7, 11) is 0. The van der Waals surface area contributed by atoms with Crippen LogP contribution in [-0.2, 0) is 9.53 Å².